The van der Waals surface area contributed by atoms with E-state index in [1.807, 2.05) is 6.92 Å². The molecular weight excluding hydrogens is 337 g/mol. The molecule has 3 nitrogen and oxygen atoms in total. The van der Waals surface area contributed by atoms with Crippen molar-refractivity contribution in [1.82, 2.24) is 0 Å². The van der Waals surface area contributed by atoms with Gasteiger partial charge in [-0.1, -0.05) is 15.9 Å². The lowest BCUT2D eigenvalue weighted by Gasteiger charge is -2.12. The van der Waals surface area contributed by atoms with E-state index in [0.29, 0.717) is 29.2 Å². The van der Waals surface area contributed by atoms with E-state index in [2.05, 4.69) is 15.9 Å². The number of halogens is 2. The van der Waals surface area contributed by atoms with Crippen molar-refractivity contribution in [3.8, 4) is 5.75 Å². The van der Waals surface area contributed by atoms with Gasteiger partial charge in [0, 0.05) is 10.2 Å². The Morgan fingerprint density at radius 1 is 1.29 bits per heavy atom. The molecule has 0 aliphatic rings. The quantitative estimate of drug-likeness (QED) is 0.666. The summed E-state index contributed by atoms with van der Waals surface area (Å²) >= 11 is 3.31. The molecule has 0 aliphatic heterocycles. The molecular formula is C16H15BrFNO2. The van der Waals surface area contributed by atoms with Gasteiger partial charge in [0.1, 0.15) is 11.6 Å². The Hall–Kier alpha value is -1.88. The second-order valence-electron chi connectivity index (χ2n) is 4.60. The summed E-state index contributed by atoms with van der Waals surface area (Å²) in [6.07, 6.45) is 0. The number of anilines is 1. The van der Waals surface area contributed by atoms with E-state index in [-0.39, 0.29) is 5.56 Å². The molecule has 110 valence electrons. The highest BCUT2D eigenvalue weighted by Gasteiger charge is 2.20. The van der Waals surface area contributed by atoms with Crippen LogP contribution in [0.1, 0.15) is 28.4 Å². The van der Waals surface area contributed by atoms with E-state index >= 15 is 0 Å². The summed E-state index contributed by atoms with van der Waals surface area (Å²) in [6, 6.07) is 7.91. The second kappa shape index (κ2) is 6.26. The maximum absolute atomic E-state index is 14.2. The normalized spacial score (nSPS) is 10.5. The minimum Gasteiger partial charge on any atom is -0.493 e. The monoisotopic (exact) mass is 351 g/mol. The van der Waals surface area contributed by atoms with Gasteiger partial charge < -0.3 is 10.5 Å². The second-order valence-corrected chi connectivity index (χ2v) is 5.52. The van der Waals surface area contributed by atoms with E-state index in [0.717, 1.165) is 4.47 Å². The number of aryl methyl sites for hydroxylation is 1. The highest BCUT2D eigenvalue weighted by molar-refractivity contribution is 9.10. The smallest absolute Gasteiger partial charge is 0.199 e. The third-order valence-electron chi connectivity index (χ3n) is 3.01. The van der Waals surface area contributed by atoms with E-state index in [1.165, 1.54) is 12.1 Å². The first-order valence-electron chi connectivity index (χ1n) is 6.46. The van der Waals surface area contributed by atoms with Gasteiger partial charge >= 0.3 is 0 Å². The van der Waals surface area contributed by atoms with Crippen molar-refractivity contribution < 1.29 is 13.9 Å². The van der Waals surface area contributed by atoms with Crippen molar-refractivity contribution in [2.45, 2.75) is 13.8 Å². The maximum Gasteiger partial charge on any atom is 0.199 e. The third kappa shape index (κ3) is 3.24. The SMILES string of the molecule is CCOc1ccc(Br)cc1C(=O)c1cc(N)cc(C)c1F. The Morgan fingerprint density at radius 2 is 2.00 bits per heavy atom. The molecule has 0 saturated carbocycles. The molecule has 0 aromatic heterocycles. The highest BCUT2D eigenvalue weighted by Crippen LogP contribution is 2.28. The molecule has 2 aromatic carbocycles. The zero-order valence-electron chi connectivity index (χ0n) is 11.7. The van der Waals surface area contributed by atoms with E-state index < -0.39 is 11.6 Å². The van der Waals surface area contributed by atoms with Crippen molar-refractivity contribution in [1.29, 1.82) is 0 Å². The Bertz CT molecular complexity index is 701. The summed E-state index contributed by atoms with van der Waals surface area (Å²) in [5.74, 6) is -0.588. The van der Waals surface area contributed by atoms with Gasteiger partial charge in [-0.2, -0.15) is 0 Å². The molecule has 0 fully saturated rings. The van der Waals surface area contributed by atoms with Crippen LogP contribution in [-0.2, 0) is 0 Å². The first kappa shape index (κ1) is 15.5. The molecule has 2 N–H and O–H groups in total. The molecule has 21 heavy (non-hydrogen) atoms. The summed E-state index contributed by atoms with van der Waals surface area (Å²) in [6.45, 7) is 3.81. The Labute approximate surface area is 131 Å². The number of carbonyl (C=O) groups excluding carboxylic acids is 1. The molecule has 0 unspecified atom stereocenters. The van der Waals surface area contributed by atoms with Gasteiger partial charge in [0.15, 0.2) is 5.78 Å². The number of rotatable bonds is 4. The van der Waals surface area contributed by atoms with Crippen LogP contribution in [0.5, 0.6) is 5.75 Å². The van der Waals surface area contributed by atoms with Gasteiger partial charge in [-0.25, -0.2) is 4.39 Å². The van der Waals surface area contributed by atoms with Gasteiger partial charge in [0.25, 0.3) is 0 Å². The number of ether oxygens (including phenoxy) is 1. The van der Waals surface area contributed by atoms with Gasteiger partial charge in [0.05, 0.1) is 17.7 Å². The molecule has 0 amide bonds. The Balaban J connectivity index is 2.57. The summed E-state index contributed by atoms with van der Waals surface area (Å²) in [7, 11) is 0. The molecule has 0 atom stereocenters. The van der Waals surface area contributed by atoms with Crippen LogP contribution in [0.4, 0.5) is 10.1 Å². The number of ketones is 1. The predicted octanol–water partition coefficient (Wildman–Crippen LogP) is 4.11. The van der Waals surface area contributed by atoms with Crippen molar-refractivity contribution in [3.63, 3.8) is 0 Å². The van der Waals surface area contributed by atoms with Crippen LogP contribution in [-0.4, -0.2) is 12.4 Å². The first-order chi connectivity index (χ1) is 9.93. The number of nitrogens with two attached hydrogens (primary N) is 1. The lowest BCUT2D eigenvalue weighted by atomic mass is 9.99. The van der Waals surface area contributed by atoms with Crippen molar-refractivity contribution >= 4 is 27.4 Å². The Morgan fingerprint density at radius 3 is 2.67 bits per heavy atom. The maximum atomic E-state index is 14.2. The minimum atomic E-state index is -0.559. The van der Waals surface area contributed by atoms with Crippen LogP contribution in [0, 0.1) is 12.7 Å². The standard InChI is InChI=1S/C16H15BrFNO2/c1-3-21-14-5-4-10(17)7-12(14)16(20)13-8-11(19)6-9(2)15(13)18/h4-8H,3,19H2,1-2H3. The van der Waals surface area contributed by atoms with Gasteiger partial charge in [-0.15, -0.1) is 0 Å². The number of carbonyl (C=O) groups is 1. The highest BCUT2D eigenvalue weighted by atomic mass is 79.9. The van der Waals surface area contributed by atoms with Gasteiger partial charge in [-0.3, -0.25) is 4.79 Å². The first-order valence-corrected chi connectivity index (χ1v) is 7.26. The fourth-order valence-electron chi connectivity index (χ4n) is 2.07. The molecule has 0 heterocycles. The lowest BCUT2D eigenvalue weighted by molar-refractivity contribution is 0.103. The molecule has 0 bridgehead atoms. The average molecular weight is 352 g/mol. The molecule has 0 radical (unpaired) electrons. The third-order valence-corrected chi connectivity index (χ3v) is 3.50. The summed E-state index contributed by atoms with van der Waals surface area (Å²) in [4.78, 5) is 12.6. The molecule has 2 rings (SSSR count). The number of nitrogen functional groups attached to an aromatic ring is 1. The summed E-state index contributed by atoms with van der Waals surface area (Å²) in [5.41, 5.74) is 6.65. The topological polar surface area (TPSA) is 52.3 Å². The number of hydrogen-bond donors (Lipinski definition) is 1. The van der Waals surface area contributed by atoms with Crippen LogP contribution in [0.3, 0.4) is 0 Å². The van der Waals surface area contributed by atoms with Crippen LogP contribution >= 0.6 is 15.9 Å². The zero-order chi connectivity index (χ0) is 15.6. The molecule has 0 spiro atoms. The van der Waals surface area contributed by atoms with Gasteiger partial charge in [0.2, 0.25) is 0 Å². The fraction of sp³-hybridized carbons (Fsp3) is 0.188. The van der Waals surface area contributed by atoms with Crippen LogP contribution in [0.15, 0.2) is 34.8 Å². The van der Waals surface area contributed by atoms with Crippen LogP contribution in [0.2, 0.25) is 0 Å². The molecule has 0 saturated heterocycles. The summed E-state index contributed by atoms with van der Waals surface area (Å²) in [5, 5.41) is 0. The van der Waals surface area contributed by atoms with Gasteiger partial charge in [-0.05, 0) is 49.7 Å². The Kier molecular flexibility index (Phi) is 4.63. The average Bonchev–Trinajstić information content (AvgIpc) is 2.44. The van der Waals surface area contributed by atoms with Crippen LogP contribution < -0.4 is 10.5 Å². The van der Waals surface area contributed by atoms with Crippen LogP contribution in [0.25, 0.3) is 0 Å². The van der Waals surface area contributed by atoms with Crippen molar-refractivity contribution in [2.75, 3.05) is 12.3 Å². The van der Waals surface area contributed by atoms with E-state index in [1.54, 1.807) is 25.1 Å². The molecule has 0 aliphatic carbocycles. The lowest BCUT2D eigenvalue weighted by Crippen LogP contribution is -2.09. The zero-order valence-corrected chi connectivity index (χ0v) is 13.3. The minimum absolute atomic E-state index is 0.0495. The van der Waals surface area contributed by atoms with Crippen molar-refractivity contribution in [3.05, 3.63) is 57.3 Å². The predicted molar refractivity (Wildman–Crippen MR) is 84.3 cm³/mol. The van der Waals surface area contributed by atoms with E-state index in [4.69, 9.17) is 10.5 Å². The largest absolute Gasteiger partial charge is 0.493 e. The van der Waals surface area contributed by atoms with Crippen molar-refractivity contribution in [2.24, 2.45) is 0 Å². The molecule has 2 aromatic rings. The number of hydrogen-bond acceptors (Lipinski definition) is 3. The summed E-state index contributed by atoms with van der Waals surface area (Å²) < 4.78 is 20.4. The van der Waals surface area contributed by atoms with E-state index in [9.17, 15) is 9.18 Å². The fourth-order valence-corrected chi connectivity index (χ4v) is 2.43. The number of benzene rings is 2. The molecule has 5 heteroatoms.